The first-order chi connectivity index (χ1) is 15.1. The molecule has 0 aliphatic rings. The van der Waals surface area contributed by atoms with Crippen LogP contribution in [0.5, 0.6) is 0 Å². The normalized spacial score (nSPS) is 12.0. The Labute approximate surface area is 197 Å². The minimum Gasteiger partial charge on any atom is -0.390 e. The van der Waals surface area contributed by atoms with Crippen molar-refractivity contribution in [2.24, 2.45) is 0 Å². The number of halogens is 4. The van der Waals surface area contributed by atoms with Crippen molar-refractivity contribution < 1.29 is 18.6 Å². The molecule has 3 aromatic rings. The van der Waals surface area contributed by atoms with E-state index in [2.05, 4.69) is 24.6 Å². The van der Waals surface area contributed by atoms with Gasteiger partial charge in [-0.25, -0.2) is 13.8 Å². The van der Waals surface area contributed by atoms with Crippen LogP contribution in [0.2, 0.25) is 35.7 Å². The summed E-state index contributed by atoms with van der Waals surface area (Å²) in [6, 6.07) is 9.79. The van der Waals surface area contributed by atoms with Crippen molar-refractivity contribution in [2.75, 3.05) is 6.61 Å². The van der Waals surface area contributed by atoms with Crippen molar-refractivity contribution in [3.63, 3.8) is 0 Å². The number of rotatable bonds is 9. The van der Waals surface area contributed by atoms with Crippen molar-refractivity contribution >= 4 is 31.3 Å². The molecule has 172 valence electrons. The van der Waals surface area contributed by atoms with E-state index in [1.165, 1.54) is 24.3 Å². The molecule has 1 aromatic heterocycles. The summed E-state index contributed by atoms with van der Waals surface area (Å²) in [5.74, 6) is -1.07. The van der Waals surface area contributed by atoms with Gasteiger partial charge in [0, 0.05) is 14.7 Å². The molecule has 0 saturated heterocycles. The maximum atomic E-state index is 13.9. The summed E-state index contributed by atoms with van der Waals surface area (Å²) in [7, 11) is -1.26. The molecule has 1 N–H and O–H groups in total. The first-order valence-electron chi connectivity index (χ1n) is 10.2. The van der Waals surface area contributed by atoms with Crippen LogP contribution < -0.4 is 0 Å². The topological polar surface area (TPSA) is 47.3 Å². The summed E-state index contributed by atoms with van der Waals surface area (Å²) in [6.45, 7) is 7.36. The Bertz CT molecular complexity index is 1030. The van der Waals surface area contributed by atoms with E-state index >= 15 is 0 Å². The third kappa shape index (κ3) is 5.97. The largest absolute Gasteiger partial charge is 0.390 e. The van der Waals surface area contributed by atoms with E-state index in [0.717, 1.165) is 6.04 Å². The maximum absolute atomic E-state index is 13.9. The molecule has 0 unspecified atom stereocenters. The van der Waals surface area contributed by atoms with Crippen LogP contribution in [0.4, 0.5) is 8.78 Å². The van der Waals surface area contributed by atoms with E-state index in [4.69, 9.17) is 27.9 Å². The van der Waals surface area contributed by atoms with Gasteiger partial charge in [0.15, 0.2) is 0 Å². The Morgan fingerprint density at radius 2 is 1.59 bits per heavy atom. The van der Waals surface area contributed by atoms with Crippen molar-refractivity contribution in [1.82, 2.24) is 9.55 Å². The lowest BCUT2D eigenvalue weighted by atomic mass is 9.90. The van der Waals surface area contributed by atoms with E-state index in [1.807, 2.05) is 0 Å². The number of imidazole rings is 1. The molecule has 0 saturated carbocycles. The monoisotopic (exact) mass is 498 g/mol. The number of aliphatic hydroxyl groups excluding tert-OH is 1. The molecule has 0 amide bonds. The fourth-order valence-corrected chi connectivity index (χ4v) is 4.48. The summed E-state index contributed by atoms with van der Waals surface area (Å²) < 4.78 is 35.4. The van der Waals surface area contributed by atoms with E-state index in [0.29, 0.717) is 29.3 Å². The zero-order chi connectivity index (χ0) is 23.5. The maximum Gasteiger partial charge on any atom is 0.141 e. The standard InChI is InChI=1S/C23H26Cl2F2N2O2Si/c1-32(2,3)9-8-31-14-29-17(13-30)12-28-23(29)22(15-4-6-20(26)18(24)10-15)16-5-7-21(27)19(25)11-16/h4-7,10-12,22,30H,8-9,13-14H2,1-3H3. The Morgan fingerprint density at radius 3 is 2.06 bits per heavy atom. The number of aromatic nitrogens is 2. The minimum absolute atomic E-state index is 0.0346. The minimum atomic E-state index is -1.26. The number of hydrogen-bond donors (Lipinski definition) is 1. The molecule has 0 aliphatic carbocycles. The summed E-state index contributed by atoms with van der Waals surface area (Å²) in [6.07, 6.45) is 1.57. The number of benzene rings is 2. The molecule has 0 bridgehead atoms. The Morgan fingerprint density at radius 1 is 1.03 bits per heavy atom. The summed E-state index contributed by atoms with van der Waals surface area (Å²) in [4.78, 5) is 4.53. The highest BCUT2D eigenvalue weighted by Crippen LogP contribution is 2.35. The highest BCUT2D eigenvalue weighted by Gasteiger charge is 2.25. The summed E-state index contributed by atoms with van der Waals surface area (Å²) >= 11 is 12.1. The molecule has 2 aromatic carbocycles. The average molecular weight is 499 g/mol. The van der Waals surface area contributed by atoms with E-state index in [-0.39, 0.29) is 23.4 Å². The van der Waals surface area contributed by atoms with Crippen LogP contribution >= 0.6 is 23.2 Å². The van der Waals surface area contributed by atoms with Gasteiger partial charge in [-0.3, -0.25) is 0 Å². The van der Waals surface area contributed by atoms with Crippen LogP contribution in [-0.2, 0) is 18.1 Å². The summed E-state index contributed by atoms with van der Waals surface area (Å²) in [5.41, 5.74) is 1.87. The number of aliphatic hydroxyl groups is 1. The summed E-state index contributed by atoms with van der Waals surface area (Å²) in [5, 5.41) is 9.78. The molecule has 0 fully saturated rings. The predicted molar refractivity (Wildman–Crippen MR) is 126 cm³/mol. The van der Waals surface area contributed by atoms with Gasteiger partial charge < -0.3 is 14.4 Å². The van der Waals surface area contributed by atoms with Crippen molar-refractivity contribution in [3.05, 3.63) is 86.9 Å². The van der Waals surface area contributed by atoms with Gasteiger partial charge >= 0.3 is 0 Å². The number of nitrogens with zero attached hydrogens (tertiary/aromatic N) is 2. The average Bonchev–Trinajstić information content (AvgIpc) is 3.12. The first kappa shape index (κ1) is 24.9. The molecular weight excluding hydrogens is 473 g/mol. The zero-order valence-electron chi connectivity index (χ0n) is 18.2. The van der Waals surface area contributed by atoms with Crippen LogP contribution in [0, 0.1) is 11.6 Å². The molecule has 0 spiro atoms. The fourth-order valence-electron chi connectivity index (χ4n) is 3.34. The second-order valence-corrected chi connectivity index (χ2v) is 15.3. The van der Waals surface area contributed by atoms with Crippen molar-refractivity contribution in [2.45, 2.75) is 44.9 Å². The zero-order valence-corrected chi connectivity index (χ0v) is 20.7. The quantitative estimate of drug-likeness (QED) is 0.272. The molecule has 0 radical (unpaired) electrons. The number of ether oxygens (including phenoxy) is 1. The highest BCUT2D eigenvalue weighted by molar-refractivity contribution is 6.76. The molecule has 0 atom stereocenters. The van der Waals surface area contributed by atoms with Gasteiger partial charge in [-0.2, -0.15) is 0 Å². The second kappa shape index (κ2) is 10.4. The molecular formula is C23H26Cl2F2N2O2Si. The number of hydrogen-bond acceptors (Lipinski definition) is 3. The molecule has 0 aliphatic heterocycles. The lowest BCUT2D eigenvalue weighted by Gasteiger charge is -2.22. The molecule has 1 heterocycles. The third-order valence-corrected chi connectivity index (χ3v) is 7.44. The van der Waals surface area contributed by atoms with Crippen molar-refractivity contribution in [3.8, 4) is 0 Å². The van der Waals surface area contributed by atoms with Gasteiger partial charge in [0.25, 0.3) is 0 Å². The van der Waals surface area contributed by atoms with E-state index in [1.54, 1.807) is 22.9 Å². The van der Waals surface area contributed by atoms with Gasteiger partial charge in [0.05, 0.1) is 34.5 Å². The van der Waals surface area contributed by atoms with Gasteiger partial charge in [-0.1, -0.05) is 55.0 Å². The van der Waals surface area contributed by atoms with Crippen LogP contribution in [-0.4, -0.2) is 29.3 Å². The molecule has 3 rings (SSSR count). The van der Waals surface area contributed by atoms with E-state index < -0.39 is 25.6 Å². The Hall–Kier alpha value is -1.77. The molecule has 4 nitrogen and oxygen atoms in total. The van der Waals surface area contributed by atoms with Crippen LogP contribution in [0.3, 0.4) is 0 Å². The fraction of sp³-hybridized carbons (Fsp3) is 0.348. The third-order valence-electron chi connectivity index (χ3n) is 5.16. The van der Waals surface area contributed by atoms with Gasteiger partial charge in [0.1, 0.15) is 24.2 Å². The Balaban J connectivity index is 2.05. The smallest absolute Gasteiger partial charge is 0.141 e. The van der Waals surface area contributed by atoms with Crippen LogP contribution in [0.25, 0.3) is 0 Å². The van der Waals surface area contributed by atoms with Crippen molar-refractivity contribution in [1.29, 1.82) is 0 Å². The highest BCUT2D eigenvalue weighted by atomic mass is 35.5. The lowest BCUT2D eigenvalue weighted by molar-refractivity contribution is 0.0800. The van der Waals surface area contributed by atoms with Crippen LogP contribution in [0.1, 0.15) is 28.6 Å². The van der Waals surface area contributed by atoms with Gasteiger partial charge in [0.2, 0.25) is 0 Å². The molecule has 32 heavy (non-hydrogen) atoms. The lowest BCUT2D eigenvalue weighted by Crippen LogP contribution is -2.22. The SMILES string of the molecule is C[Si](C)(C)CCOCn1c(CO)cnc1C(c1ccc(F)c(Cl)c1)c1ccc(F)c(Cl)c1. The Kier molecular flexibility index (Phi) is 8.11. The second-order valence-electron chi connectivity index (χ2n) is 8.82. The van der Waals surface area contributed by atoms with Crippen LogP contribution in [0.15, 0.2) is 42.6 Å². The predicted octanol–water partition coefficient (Wildman–Crippen LogP) is 6.45. The molecule has 9 heteroatoms. The van der Waals surface area contributed by atoms with Gasteiger partial charge in [-0.05, 0) is 41.4 Å². The van der Waals surface area contributed by atoms with Gasteiger partial charge in [-0.15, -0.1) is 0 Å². The first-order valence-corrected chi connectivity index (χ1v) is 14.7. The van der Waals surface area contributed by atoms with E-state index in [9.17, 15) is 13.9 Å².